The molecule has 37 heavy (non-hydrogen) atoms. The average molecular weight is 497 g/mol. The highest BCUT2D eigenvalue weighted by atomic mass is 16.3. The third-order valence-corrected chi connectivity index (χ3v) is 6.82. The largest absolute Gasteiger partial charge is 0.467 e. The molecule has 0 aliphatic carbocycles. The molecule has 0 fully saturated rings. The molecule has 0 amide bonds. The summed E-state index contributed by atoms with van der Waals surface area (Å²) in [5.41, 5.74) is 3.87. The third kappa shape index (κ3) is 5.70. The number of aromatic amines is 1. The highest BCUT2D eigenvalue weighted by molar-refractivity contribution is 5.81. The van der Waals surface area contributed by atoms with Gasteiger partial charge >= 0.3 is 0 Å². The highest BCUT2D eigenvalue weighted by Crippen LogP contribution is 2.27. The van der Waals surface area contributed by atoms with E-state index in [4.69, 9.17) is 4.42 Å². The molecule has 0 unspecified atom stereocenters. The van der Waals surface area contributed by atoms with Crippen LogP contribution >= 0.6 is 0 Å². The molecule has 3 aromatic heterocycles. The second kappa shape index (κ2) is 11.3. The molecule has 0 saturated carbocycles. The van der Waals surface area contributed by atoms with Gasteiger partial charge in [-0.15, -0.1) is 5.10 Å². The Hall–Kier alpha value is -4.04. The highest BCUT2D eigenvalue weighted by Gasteiger charge is 2.27. The third-order valence-electron chi connectivity index (χ3n) is 6.82. The number of benzene rings is 2. The van der Waals surface area contributed by atoms with Crippen LogP contribution in [-0.2, 0) is 19.5 Å². The number of fused-ring (bicyclic) bond motifs is 1. The molecular weight excluding hydrogens is 464 g/mol. The van der Waals surface area contributed by atoms with Crippen molar-refractivity contribution in [3.05, 3.63) is 112 Å². The van der Waals surface area contributed by atoms with Crippen molar-refractivity contribution >= 4 is 10.9 Å². The number of tetrazole rings is 1. The Labute approximate surface area is 215 Å². The standard InChI is InChI=1S/C29H32N6O2/c1-3-9-26(28-31-32-33-35(28)20-25-14-8-17-37-25)34(16-15-22-11-5-4-6-12-22)19-24-18-23-13-7-10-21(2)27(23)30-29(24)36/h4-8,10-14,17-18,26H,3,9,15-16,19-20H2,1-2H3,(H,30,36)/t26-/m1/s1. The number of para-hydroxylation sites is 1. The smallest absolute Gasteiger partial charge is 0.252 e. The van der Waals surface area contributed by atoms with Crippen LogP contribution in [0, 0.1) is 6.92 Å². The molecule has 1 N–H and O–H groups in total. The van der Waals surface area contributed by atoms with Crippen LogP contribution in [0.15, 0.2) is 82.2 Å². The number of H-pyrrole nitrogens is 1. The van der Waals surface area contributed by atoms with Gasteiger partial charge in [0.15, 0.2) is 5.82 Å². The summed E-state index contributed by atoms with van der Waals surface area (Å²) < 4.78 is 7.36. The first-order valence-corrected chi connectivity index (χ1v) is 12.8. The van der Waals surface area contributed by atoms with Gasteiger partial charge in [-0.05, 0) is 64.9 Å². The lowest BCUT2D eigenvalue weighted by Gasteiger charge is -2.31. The monoisotopic (exact) mass is 496 g/mol. The van der Waals surface area contributed by atoms with Gasteiger partial charge in [-0.2, -0.15) is 0 Å². The molecule has 8 heteroatoms. The summed E-state index contributed by atoms with van der Waals surface area (Å²) in [6.07, 6.45) is 4.32. The van der Waals surface area contributed by atoms with E-state index in [-0.39, 0.29) is 11.6 Å². The van der Waals surface area contributed by atoms with Gasteiger partial charge in [-0.25, -0.2) is 4.68 Å². The molecule has 8 nitrogen and oxygen atoms in total. The number of nitrogens with one attached hydrogen (secondary N) is 1. The topological polar surface area (TPSA) is 92.8 Å². The number of hydrogen-bond donors (Lipinski definition) is 1. The van der Waals surface area contributed by atoms with Crippen molar-refractivity contribution in [2.75, 3.05) is 6.54 Å². The van der Waals surface area contributed by atoms with Crippen molar-refractivity contribution in [2.24, 2.45) is 0 Å². The normalized spacial score (nSPS) is 12.4. The van der Waals surface area contributed by atoms with Gasteiger partial charge in [0, 0.05) is 18.7 Å². The van der Waals surface area contributed by atoms with Crippen LogP contribution in [0.1, 0.15) is 54.1 Å². The second-order valence-electron chi connectivity index (χ2n) is 9.45. The van der Waals surface area contributed by atoms with Gasteiger partial charge in [-0.1, -0.05) is 61.9 Å². The number of aromatic nitrogens is 5. The SMILES string of the molecule is CCC[C@H](c1nnnn1Cc1ccco1)N(CCc1ccccc1)Cc1cc2cccc(C)c2[nH]c1=O. The summed E-state index contributed by atoms with van der Waals surface area (Å²) in [5, 5.41) is 13.8. The maximum Gasteiger partial charge on any atom is 0.252 e. The summed E-state index contributed by atoms with van der Waals surface area (Å²) in [6.45, 7) is 5.88. The number of furan rings is 1. The Morgan fingerprint density at radius 1 is 1.08 bits per heavy atom. The van der Waals surface area contributed by atoms with Crippen molar-refractivity contribution < 1.29 is 4.42 Å². The average Bonchev–Trinajstić information content (AvgIpc) is 3.59. The van der Waals surface area contributed by atoms with Crippen LogP contribution in [0.25, 0.3) is 10.9 Å². The lowest BCUT2D eigenvalue weighted by atomic mass is 10.0. The predicted molar refractivity (Wildman–Crippen MR) is 143 cm³/mol. The molecule has 2 aromatic carbocycles. The fourth-order valence-corrected chi connectivity index (χ4v) is 4.89. The molecular formula is C29H32N6O2. The number of nitrogens with zero attached hydrogens (tertiary/aromatic N) is 5. The molecule has 0 radical (unpaired) electrons. The van der Waals surface area contributed by atoms with E-state index < -0.39 is 0 Å². The minimum Gasteiger partial charge on any atom is -0.467 e. The lowest BCUT2D eigenvalue weighted by Crippen LogP contribution is -2.34. The fourth-order valence-electron chi connectivity index (χ4n) is 4.89. The zero-order valence-corrected chi connectivity index (χ0v) is 21.3. The Kier molecular flexibility index (Phi) is 7.56. The van der Waals surface area contributed by atoms with E-state index in [1.54, 1.807) is 6.26 Å². The quantitative estimate of drug-likeness (QED) is 0.275. The minimum atomic E-state index is -0.0636. The van der Waals surface area contributed by atoms with E-state index in [0.717, 1.165) is 59.4 Å². The van der Waals surface area contributed by atoms with Gasteiger partial charge < -0.3 is 9.40 Å². The van der Waals surface area contributed by atoms with E-state index in [2.05, 4.69) is 56.6 Å². The molecule has 1 atom stereocenters. The molecule has 0 spiro atoms. The summed E-state index contributed by atoms with van der Waals surface area (Å²) in [7, 11) is 0. The second-order valence-corrected chi connectivity index (χ2v) is 9.45. The fraction of sp³-hybridized carbons (Fsp3) is 0.310. The zero-order chi connectivity index (χ0) is 25.6. The first-order chi connectivity index (χ1) is 18.1. The van der Waals surface area contributed by atoms with Crippen LogP contribution < -0.4 is 5.56 Å². The van der Waals surface area contributed by atoms with Crippen molar-refractivity contribution in [1.29, 1.82) is 0 Å². The Balaban J connectivity index is 1.50. The molecule has 0 aliphatic heterocycles. The first kappa shape index (κ1) is 24.6. The number of aryl methyl sites for hydroxylation is 1. The van der Waals surface area contributed by atoms with E-state index >= 15 is 0 Å². The van der Waals surface area contributed by atoms with E-state index in [1.165, 1.54) is 5.56 Å². The molecule has 0 bridgehead atoms. The van der Waals surface area contributed by atoms with Crippen LogP contribution in [0.3, 0.4) is 0 Å². The number of rotatable bonds is 11. The zero-order valence-electron chi connectivity index (χ0n) is 21.3. The summed E-state index contributed by atoms with van der Waals surface area (Å²) >= 11 is 0. The Morgan fingerprint density at radius 2 is 1.95 bits per heavy atom. The maximum absolute atomic E-state index is 13.2. The van der Waals surface area contributed by atoms with Gasteiger partial charge in [0.25, 0.3) is 5.56 Å². The van der Waals surface area contributed by atoms with Crippen LogP contribution in [0.4, 0.5) is 0 Å². The van der Waals surface area contributed by atoms with Gasteiger partial charge in [0.1, 0.15) is 12.3 Å². The summed E-state index contributed by atoms with van der Waals surface area (Å²) in [6, 6.07) is 22.2. The van der Waals surface area contributed by atoms with Gasteiger partial charge in [0.2, 0.25) is 0 Å². The van der Waals surface area contributed by atoms with Gasteiger partial charge in [-0.3, -0.25) is 9.69 Å². The van der Waals surface area contributed by atoms with E-state index in [1.807, 2.05) is 54.1 Å². The summed E-state index contributed by atoms with van der Waals surface area (Å²) in [4.78, 5) is 18.7. The van der Waals surface area contributed by atoms with Crippen LogP contribution in [0.2, 0.25) is 0 Å². The Bertz CT molecular complexity index is 1490. The molecule has 5 rings (SSSR count). The molecule has 0 saturated heterocycles. The van der Waals surface area contributed by atoms with Crippen LogP contribution in [-0.4, -0.2) is 36.6 Å². The lowest BCUT2D eigenvalue weighted by molar-refractivity contribution is 0.166. The predicted octanol–water partition coefficient (Wildman–Crippen LogP) is 5.05. The molecule has 0 aliphatic rings. The van der Waals surface area contributed by atoms with E-state index in [0.29, 0.717) is 13.1 Å². The van der Waals surface area contributed by atoms with Crippen molar-refractivity contribution in [2.45, 2.75) is 52.2 Å². The van der Waals surface area contributed by atoms with Crippen molar-refractivity contribution in [1.82, 2.24) is 30.1 Å². The Morgan fingerprint density at radius 3 is 2.73 bits per heavy atom. The molecule has 3 heterocycles. The van der Waals surface area contributed by atoms with Crippen molar-refractivity contribution in [3.63, 3.8) is 0 Å². The van der Waals surface area contributed by atoms with E-state index in [9.17, 15) is 4.79 Å². The number of pyridine rings is 1. The number of hydrogen-bond acceptors (Lipinski definition) is 6. The molecule has 5 aromatic rings. The maximum atomic E-state index is 13.2. The first-order valence-electron chi connectivity index (χ1n) is 12.8. The minimum absolute atomic E-state index is 0.0584. The summed E-state index contributed by atoms with van der Waals surface area (Å²) in [5.74, 6) is 1.57. The van der Waals surface area contributed by atoms with Gasteiger partial charge in [0.05, 0.1) is 17.8 Å². The van der Waals surface area contributed by atoms with Crippen molar-refractivity contribution in [3.8, 4) is 0 Å². The van der Waals surface area contributed by atoms with Crippen LogP contribution in [0.5, 0.6) is 0 Å². The molecule has 190 valence electrons.